The van der Waals surface area contributed by atoms with Gasteiger partial charge in [-0.05, 0) is 64.2 Å². The first kappa shape index (κ1) is 84.4. The van der Waals surface area contributed by atoms with Crippen LogP contribution in [0, 0.1) is 5.92 Å². The van der Waals surface area contributed by atoms with Crippen LogP contribution < -0.4 is 0 Å². The highest BCUT2D eigenvalue weighted by atomic mass is 16.6. The van der Waals surface area contributed by atoms with E-state index in [1.807, 2.05) is 0 Å². The molecule has 0 fully saturated rings. The fourth-order valence-electron chi connectivity index (χ4n) is 13.0. The zero-order chi connectivity index (χ0) is 62.4. The van der Waals surface area contributed by atoms with E-state index in [2.05, 4.69) is 34.6 Å². The van der Waals surface area contributed by atoms with Gasteiger partial charge in [0.25, 0.3) is 0 Å². The summed E-state index contributed by atoms with van der Waals surface area (Å²) >= 11 is 0. The van der Waals surface area contributed by atoms with Gasteiger partial charge in [0.15, 0.2) is 0 Å². The Morgan fingerprint density at radius 1 is 0.233 bits per heavy atom. The van der Waals surface area contributed by atoms with Gasteiger partial charge in [-0.2, -0.15) is 0 Å². The van der Waals surface area contributed by atoms with Gasteiger partial charge < -0.3 is 14.2 Å². The minimum absolute atomic E-state index is 0.00744. The smallest absolute Gasteiger partial charge is 0.309 e. The van der Waals surface area contributed by atoms with E-state index >= 15 is 0 Å². The fraction of sp³-hybridized carbons (Fsp3) is 0.963. The van der Waals surface area contributed by atoms with Gasteiger partial charge >= 0.3 is 17.9 Å². The van der Waals surface area contributed by atoms with Gasteiger partial charge in [0.2, 0.25) is 0 Å². The Morgan fingerprint density at radius 2 is 0.442 bits per heavy atom. The second-order valence-corrected chi connectivity index (χ2v) is 27.8. The molecule has 0 aromatic rings. The van der Waals surface area contributed by atoms with E-state index in [4.69, 9.17) is 14.2 Å². The molecule has 0 N–H and O–H groups in total. The Balaban J connectivity index is 5.80. The van der Waals surface area contributed by atoms with Crippen LogP contribution in [0.15, 0.2) is 0 Å². The molecule has 0 amide bonds. The second-order valence-electron chi connectivity index (χ2n) is 27.8. The molecule has 0 spiro atoms. The minimum atomic E-state index is -0.683. The molecule has 6 nitrogen and oxygen atoms in total. The third-order valence-corrected chi connectivity index (χ3v) is 19.1. The van der Waals surface area contributed by atoms with Gasteiger partial charge in [-0.15, -0.1) is 0 Å². The van der Waals surface area contributed by atoms with E-state index in [9.17, 15) is 14.4 Å². The maximum absolute atomic E-state index is 14.5. The van der Waals surface area contributed by atoms with Gasteiger partial charge in [-0.3, -0.25) is 14.4 Å². The summed E-state index contributed by atoms with van der Waals surface area (Å²) in [6, 6.07) is 0. The predicted octanol–water partition coefficient (Wildman–Crippen LogP) is 27.6. The summed E-state index contributed by atoms with van der Waals surface area (Å²) in [5, 5.41) is 0. The predicted molar refractivity (Wildman–Crippen MR) is 377 cm³/mol. The molecule has 86 heavy (non-hydrogen) atoms. The van der Waals surface area contributed by atoms with Crippen LogP contribution in [0.25, 0.3) is 0 Å². The quantitative estimate of drug-likeness (QED) is 0.0343. The largest absolute Gasteiger partial charge is 0.466 e. The lowest BCUT2D eigenvalue weighted by atomic mass is 9.99. The maximum atomic E-state index is 14.5. The normalized spacial score (nSPS) is 12.7. The molecule has 0 heterocycles. The highest BCUT2D eigenvalue weighted by molar-refractivity contribution is 5.80. The third kappa shape index (κ3) is 65.4. The van der Waals surface area contributed by atoms with E-state index in [0.29, 0.717) is 12.8 Å². The first-order valence-electron chi connectivity index (χ1n) is 40.0. The van der Waals surface area contributed by atoms with E-state index in [-0.39, 0.29) is 43.1 Å². The van der Waals surface area contributed by atoms with Crippen LogP contribution in [-0.4, -0.2) is 36.7 Å². The van der Waals surface area contributed by atoms with Crippen molar-refractivity contribution in [1.82, 2.24) is 0 Å². The van der Waals surface area contributed by atoms with E-state index in [1.165, 1.54) is 347 Å². The summed E-state index contributed by atoms with van der Waals surface area (Å²) in [6.07, 6.45) is 83.3. The Kier molecular flexibility index (Phi) is 71.1. The molecule has 0 aliphatic carbocycles. The Labute approximate surface area is 539 Å². The molecular formula is C80H156O6. The van der Waals surface area contributed by atoms with E-state index in [0.717, 1.165) is 70.6 Å². The zero-order valence-electron chi connectivity index (χ0n) is 59.5. The van der Waals surface area contributed by atoms with Gasteiger partial charge in [-0.1, -0.05) is 394 Å². The number of unbranched alkanes of at least 4 members (excludes halogenated alkanes) is 56. The minimum Gasteiger partial charge on any atom is -0.466 e. The maximum Gasteiger partial charge on any atom is 0.309 e. The molecule has 0 aliphatic heterocycles. The molecule has 3 unspecified atom stereocenters. The molecule has 512 valence electrons. The highest BCUT2D eigenvalue weighted by Crippen LogP contribution is 2.25. The average molecular weight is 1210 g/mol. The van der Waals surface area contributed by atoms with Crippen molar-refractivity contribution in [3.8, 4) is 0 Å². The Hall–Kier alpha value is -1.59. The van der Waals surface area contributed by atoms with Gasteiger partial charge in [-0.25, -0.2) is 0 Å². The van der Waals surface area contributed by atoms with Crippen molar-refractivity contribution >= 4 is 17.9 Å². The van der Waals surface area contributed by atoms with Crippen LogP contribution >= 0.6 is 0 Å². The van der Waals surface area contributed by atoms with Crippen molar-refractivity contribution in [3.05, 3.63) is 0 Å². The lowest BCUT2D eigenvalue weighted by Gasteiger charge is -2.23. The monoisotopic (exact) mass is 1210 g/mol. The molecule has 0 radical (unpaired) electrons. The van der Waals surface area contributed by atoms with Crippen molar-refractivity contribution in [2.24, 2.45) is 5.92 Å². The number of carbonyl (C=O) groups excluding carboxylic acids is 3. The fourth-order valence-corrected chi connectivity index (χ4v) is 13.0. The summed E-state index contributed by atoms with van der Waals surface area (Å²) in [5.74, 6) is -1.46. The summed E-state index contributed by atoms with van der Waals surface area (Å²) < 4.78 is 18.8. The molecule has 0 saturated carbocycles. The summed E-state index contributed by atoms with van der Waals surface area (Å²) in [5.41, 5.74) is 0. The van der Waals surface area contributed by atoms with Crippen molar-refractivity contribution in [2.45, 2.75) is 483 Å². The number of rotatable bonds is 74. The summed E-state index contributed by atoms with van der Waals surface area (Å²) in [4.78, 5) is 41.8. The number of esters is 3. The molecule has 0 aromatic carbocycles. The molecule has 0 aromatic heterocycles. The number of carbonyl (C=O) groups is 3. The average Bonchev–Trinajstić information content (AvgIpc) is 3.70. The lowest BCUT2D eigenvalue weighted by molar-refractivity contribution is -0.163. The second kappa shape index (κ2) is 72.5. The van der Waals surface area contributed by atoms with Crippen molar-refractivity contribution in [3.63, 3.8) is 0 Å². The lowest BCUT2D eigenvalue weighted by Crippen LogP contribution is -2.29. The van der Waals surface area contributed by atoms with Crippen molar-refractivity contribution in [2.75, 3.05) is 6.61 Å². The SMILES string of the molecule is CCCCCCCCCCCCCCCCC(CCCCCCCCCCCCC)OC(=O)CC(CCOC(=O)CCCCCCCCCCCCC)C(=O)OC(CCCCCCCCCCCCC)CCCCCCCCCCCCCCCC. The van der Waals surface area contributed by atoms with Crippen LogP contribution in [-0.2, 0) is 28.6 Å². The summed E-state index contributed by atoms with van der Waals surface area (Å²) in [6.45, 7) is 11.6. The van der Waals surface area contributed by atoms with Crippen LogP contribution in [0.1, 0.15) is 471 Å². The van der Waals surface area contributed by atoms with Crippen LogP contribution in [0.3, 0.4) is 0 Å². The van der Waals surface area contributed by atoms with Crippen LogP contribution in [0.5, 0.6) is 0 Å². The standard InChI is InChI=1S/C80H156O6/c1-6-11-16-21-26-31-36-38-40-45-49-53-58-63-68-76(67-62-57-52-47-42-33-28-23-18-13-8-3)85-79(82)74-75(72-73-84-78(81)71-66-61-56-51-44-35-30-25-20-15-10-5)80(83)86-77(69-64-59-54-48-43-34-29-24-19-14-9-4)70-65-60-55-50-46-41-39-37-32-27-22-17-12-7-2/h75-77H,6-74H2,1-5H3. The molecule has 0 saturated heterocycles. The van der Waals surface area contributed by atoms with Gasteiger partial charge in [0, 0.05) is 6.42 Å². The van der Waals surface area contributed by atoms with E-state index < -0.39 is 5.92 Å². The molecule has 0 aliphatic rings. The molecule has 0 bridgehead atoms. The van der Waals surface area contributed by atoms with Crippen LogP contribution in [0.2, 0.25) is 0 Å². The first-order chi connectivity index (χ1) is 42.4. The topological polar surface area (TPSA) is 78.9 Å². The highest BCUT2D eigenvalue weighted by Gasteiger charge is 2.28. The van der Waals surface area contributed by atoms with E-state index in [1.54, 1.807) is 0 Å². The van der Waals surface area contributed by atoms with Gasteiger partial charge in [0.1, 0.15) is 12.2 Å². The van der Waals surface area contributed by atoms with Crippen molar-refractivity contribution in [1.29, 1.82) is 0 Å². The molecule has 3 atom stereocenters. The van der Waals surface area contributed by atoms with Gasteiger partial charge in [0.05, 0.1) is 18.9 Å². The van der Waals surface area contributed by atoms with Crippen LogP contribution in [0.4, 0.5) is 0 Å². The zero-order valence-corrected chi connectivity index (χ0v) is 59.5. The summed E-state index contributed by atoms with van der Waals surface area (Å²) in [7, 11) is 0. The Morgan fingerprint density at radius 3 is 0.686 bits per heavy atom. The van der Waals surface area contributed by atoms with Crippen molar-refractivity contribution < 1.29 is 28.6 Å². The third-order valence-electron chi connectivity index (χ3n) is 19.1. The molecule has 6 heteroatoms. The number of hydrogen-bond acceptors (Lipinski definition) is 6. The molecular weight excluding hydrogens is 1060 g/mol. The number of hydrogen-bond donors (Lipinski definition) is 0. The Bertz CT molecular complexity index is 1330. The molecule has 0 rings (SSSR count). The first-order valence-corrected chi connectivity index (χ1v) is 40.0. The number of ether oxygens (including phenoxy) is 3.